The number of carbonyl (C=O) groups is 2. The van der Waals surface area contributed by atoms with Gasteiger partial charge in [0.2, 0.25) is 21.8 Å². The fraction of sp³-hybridized carbons (Fsp3) is 0.619. The van der Waals surface area contributed by atoms with Gasteiger partial charge >= 0.3 is 0 Å². The molecule has 1 saturated heterocycles. The van der Waals surface area contributed by atoms with E-state index in [0.29, 0.717) is 10.7 Å². The van der Waals surface area contributed by atoms with Gasteiger partial charge in [-0.15, -0.1) is 0 Å². The summed E-state index contributed by atoms with van der Waals surface area (Å²) in [4.78, 5) is 28.1. The largest absolute Gasteiger partial charge is 0.351 e. The van der Waals surface area contributed by atoms with Crippen LogP contribution in [-0.2, 0) is 19.6 Å². The Morgan fingerprint density at radius 2 is 1.90 bits per heavy atom. The summed E-state index contributed by atoms with van der Waals surface area (Å²) in [5.74, 6) is -0.907. The second-order valence-electron chi connectivity index (χ2n) is 8.31. The summed E-state index contributed by atoms with van der Waals surface area (Å²) in [7, 11) is -3.63. The molecule has 0 unspecified atom stereocenters. The highest BCUT2D eigenvalue weighted by Crippen LogP contribution is 2.32. The first-order valence-electron chi connectivity index (χ1n) is 10.5. The molecule has 1 aliphatic heterocycles. The van der Waals surface area contributed by atoms with Gasteiger partial charge in [-0.05, 0) is 44.9 Å². The average molecular weight is 456 g/mol. The highest BCUT2D eigenvalue weighted by molar-refractivity contribution is 7.89. The van der Waals surface area contributed by atoms with Crippen LogP contribution in [0.25, 0.3) is 0 Å². The second-order valence-corrected chi connectivity index (χ2v) is 11.0. The van der Waals surface area contributed by atoms with E-state index >= 15 is 0 Å². The molecule has 1 aromatic rings. The van der Waals surface area contributed by atoms with Crippen molar-refractivity contribution in [2.24, 2.45) is 0 Å². The fourth-order valence-corrected chi connectivity index (χ4v) is 5.63. The number of sulfonamides is 1. The molecule has 30 heavy (non-hydrogen) atoms. The topological polar surface area (TPSA) is 86.8 Å². The Bertz CT molecular complexity index is 899. The normalized spacial score (nSPS) is 24.5. The molecule has 2 amide bonds. The number of piperazine rings is 1. The van der Waals surface area contributed by atoms with Gasteiger partial charge in [-0.3, -0.25) is 14.5 Å². The maximum absolute atomic E-state index is 13.5. The molecule has 1 aromatic carbocycles. The van der Waals surface area contributed by atoms with Crippen LogP contribution in [0.1, 0.15) is 52.4 Å². The molecule has 0 aromatic heterocycles. The number of benzene rings is 1. The van der Waals surface area contributed by atoms with E-state index in [2.05, 4.69) is 5.32 Å². The van der Waals surface area contributed by atoms with Gasteiger partial charge in [-0.2, -0.15) is 4.31 Å². The van der Waals surface area contributed by atoms with E-state index in [1.54, 1.807) is 31.2 Å². The first kappa shape index (κ1) is 23.0. The average Bonchev–Trinajstić information content (AvgIpc) is 2.96. The van der Waals surface area contributed by atoms with Crippen molar-refractivity contribution >= 4 is 39.1 Å². The summed E-state index contributed by atoms with van der Waals surface area (Å²) >= 11 is 6.14. The van der Waals surface area contributed by atoms with Gasteiger partial charge in [0, 0.05) is 23.3 Å². The zero-order valence-corrected chi connectivity index (χ0v) is 19.1. The molecule has 1 N–H and O–H groups in total. The van der Waals surface area contributed by atoms with E-state index in [-0.39, 0.29) is 30.8 Å². The Morgan fingerprint density at radius 1 is 1.23 bits per heavy atom. The number of hydrogen-bond acceptors (Lipinski definition) is 4. The number of anilines is 1. The van der Waals surface area contributed by atoms with Crippen molar-refractivity contribution in [3.63, 3.8) is 0 Å². The first-order chi connectivity index (χ1) is 14.2. The van der Waals surface area contributed by atoms with Crippen molar-refractivity contribution in [2.45, 2.75) is 64.0 Å². The third-order valence-electron chi connectivity index (χ3n) is 6.04. The molecule has 2 fully saturated rings. The highest BCUT2D eigenvalue weighted by atomic mass is 35.5. The van der Waals surface area contributed by atoms with Crippen LogP contribution in [0.15, 0.2) is 24.3 Å². The third kappa shape index (κ3) is 4.81. The summed E-state index contributed by atoms with van der Waals surface area (Å²) in [5.41, 5.74) is -0.895. The molecule has 0 bridgehead atoms. The van der Waals surface area contributed by atoms with Crippen LogP contribution in [0.4, 0.5) is 5.69 Å². The van der Waals surface area contributed by atoms with Gasteiger partial charge in [-0.1, -0.05) is 43.4 Å². The highest BCUT2D eigenvalue weighted by Gasteiger charge is 2.51. The maximum Gasteiger partial charge on any atom is 0.247 e. The minimum Gasteiger partial charge on any atom is -0.351 e. The van der Waals surface area contributed by atoms with Gasteiger partial charge in [-0.25, -0.2) is 8.42 Å². The molecule has 2 aliphatic rings. The number of rotatable bonds is 5. The zero-order chi connectivity index (χ0) is 21.9. The van der Waals surface area contributed by atoms with Crippen LogP contribution in [0.2, 0.25) is 5.02 Å². The summed E-state index contributed by atoms with van der Waals surface area (Å²) in [6, 6.07) is 6.78. The van der Waals surface area contributed by atoms with Crippen molar-refractivity contribution in [1.29, 1.82) is 0 Å². The molecule has 1 saturated carbocycles. The second kappa shape index (κ2) is 9.24. The van der Waals surface area contributed by atoms with E-state index in [0.717, 1.165) is 42.8 Å². The molecule has 1 atom stereocenters. The quantitative estimate of drug-likeness (QED) is 0.691. The predicted molar refractivity (Wildman–Crippen MR) is 118 cm³/mol. The minimum absolute atomic E-state index is 0.0336. The number of amides is 2. The summed E-state index contributed by atoms with van der Waals surface area (Å²) in [6.45, 7) is 2.77. The molecular formula is C21H30ClN3O4S. The van der Waals surface area contributed by atoms with Crippen molar-refractivity contribution in [3.8, 4) is 0 Å². The third-order valence-corrected chi connectivity index (χ3v) is 8.05. The van der Waals surface area contributed by atoms with Crippen LogP contribution in [0.3, 0.4) is 0 Å². The van der Waals surface area contributed by atoms with Crippen molar-refractivity contribution in [3.05, 3.63) is 29.3 Å². The molecule has 0 radical (unpaired) electrons. The molecule has 9 heteroatoms. The lowest BCUT2D eigenvalue weighted by atomic mass is 9.93. The van der Waals surface area contributed by atoms with Gasteiger partial charge in [0.15, 0.2) is 0 Å². The van der Waals surface area contributed by atoms with Crippen LogP contribution in [0, 0.1) is 0 Å². The van der Waals surface area contributed by atoms with Crippen molar-refractivity contribution in [1.82, 2.24) is 9.62 Å². The molecular weight excluding hydrogens is 426 g/mol. The number of hydrogen-bond donors (Lipinski definition) is 1. The van der Waals surface area contributed by atoms with Crippen LogP contribution >= 0.6 is 11.6 Å². The number of halogens is 1. The van der Waals surface area contributed by atoms with Gasteiger partial charge in [0.25, 0.3) is 0 Å². The summed E-state index contributed by atoms with van der Waals surface area (Å²) in [6.07, 6.45) is 6.19. The van der Waals surface area contributed by atoms with Crippen LogP contribution in [-0.4, -0.2) is 55.0 Å². The van der Waals surface area contributed by atoms with E-state index in [4.69, 9.17) is 11.6 Å². The van der Waals surface area contributed by atoms with Crippen LogP contribution < -0.4 is 10.2 Å². The molecule has 7 nitrogen and oxygen atoms in total. The Labute approximate surface area is 183 Å². The lowest BCUT2D eigenvalue weighted by Crippen LogP contribution is -2.70. The Balaban J connectivity index is 1.97. The predicted octanol–water partition coefficient (Wildman–Crippen LogP) is 2.94. The van der Waals surface area contributed by atoms with E-state index < -0.39 is 21.5 Å². The van der Waals surface area contributed by atoms with E-state index in [9.17, 15) is 18.0 Å². The fourth-order valence-electron chi connectivity index (χ4n) is 4.33. The lowest BCUT2D eigenvalue weighted by Gasteiger charge is -2.47. The summed E-state index contributed by atoms with van der Waals surface area (Å²) < 4.78 is 26.2. The van der Waals surface area contributed by atoms with Crippen LogP contribution in [0.5, 0.6) is 0 Å². The Morgan fingerprint density at radius 3 is 2.50 bits per heavy atom. The molecule has 1 heterocycles. The number of nitrogens with zero attached hydrogens (tertiary/aromatic N) is 2. The molecule has 3 rings (SSSR count). The van der Waals surface area contributed by atoms with Crippen molar-refractivity contribution < 1.29 is 18.0 Å². The standard InChI is InChI=1S/C21H30ClN3O4S/c1-3-30(28,29)24-14-19(26)25(18-12-8-9-16(22)13-18)21(2,15-24)20(27)23-17-10-6-4-5-7-11-17/h8-9,12-13,17H,3-7,10-11,14-15H2,1-2H3,(H,23,27)/t21-/m0/s1. The SMILES string of the molecule is CCS(=O)(=O)N1CC(=O)N(c2cccc(Cl)c2)[C@](C)(C(=O)NC2CCCCCC2)C1. The maximum atomic E-state index is 13.5. The van der Waals surface area contributed by atoms with E-state index in [1.807, 2.05) is 0 Å². The minimum atomic E-state index is -3.63. The molecule has 1 aliphatic carbocycles. The molecule has 0 spiro atoms. The summed E-state index contributed by atoms with van der Waals surface area (Å²) in [5, 5.41) is 3.55. The Hall–Kier alpha value is -1.64. The van der Waals surface area contributed by atoms with Gasteiger partial charge < -0.3 is 5.32 Å². The van der Waals surface area contributed by atoms with Gasteiger partial charge in [0.1, 0.15) is 5.54 Å². The monoisotopic (exact) mass is 455 g/mol. The van der Waals surface area contributed by atoms with E-state index in [1.165, 1.54) is 11.8 Å². The zero-order valence-electron chi connectivity index (χ0n) is 17.6. The Kier molecular flexibility index (Phi) is 7.09. The van der Waals surface area contributed by atoms with Gasteiger partial charge in [0.05, 0.1) is 12.3 Å². The first-order valence-corrected chi connectivity index (χ1v) is 12.5. The number of carbonyl (C=O) groups excluding carboxylic acids is 2. The smallest absolute Gasteiger partial charge is 0.247 e. The lowest BCUT2D eigenvalue weighted by molar-refractivity contribution is -0.133. The number of nitrogens with one attached hydrogen (secondary N) is 1. The van der Waals surface area contributed by atoms with Crippen molar-refractivity contribution in [2.75, 3.05) is 23.7 Å². The molecule has 166 valence electrons.